The van der Waals surface area contributed by atoms with Crippen molar-refractivity contribution in [3.63, 3.8) is 0 Å². The topological polar surface area (TPSA) is 29.5 Å². The van der Waals surface area contributed by atoms with Crippen LogP contribution in [0.1, 0.15) is 28.4 Å². The van der Waals surface area contributed by atoms with E-state index in [1.54, 1.807) is 0 Å². The van der Waals surface area contributed by atoms with Crippen LogP contribution in [-0.4, -0.2) is 19.9 Å². The second-order valence-electron chi connectivity index (χ2n) is 6.38. The van der Waals surface area contributed by atoms with E-state index < -0.39 is 0 Å². The molecule has 1 heterocycles. The molecule has 0 aromatic heterocycles. The summed E-state index contributed by atoms with van der Waals surface area (Å²) < 4.78 is 6.16. The Labute approximate surface area is 141 Å². The van der Waals surface area contributed by atoms with Crippen molar-refractivity contribution >= 4 is 22.2 Å². The van der Waals surface area contributed by atoms with Crippen LogP contribution < -0.4 is 9.64 Å². The number of ketones is 1. The van der Waals surface area contributed by atoms with Gasteiger partial charge in [-0.2, -0.15) is 0 Å². The Bertz CT molecular complexity index is 913. The number of fused-ring (bicyclic) bond motifs is 3. The normalized spacial score (nSPS) is 16.6. The van der Waals surface area contributed by atoms with Gasteiger partial charge in [0.15, 0.2) is 5.78 Å². The zero-order valence-electron chi connectivity index (χ0n) is 13.8. The first kappa shape index (κ1) is 14.8. The Kier molecular flexibility index (Phi) is 3.49. The number of rotatable bonds is 2. The molecule has 120 valence electrons. The molecule has 1 atom stereocenters. The van der Waals surface area contributed by atoms with Crippen LogP contribution in [0.25, 0.3) is 10.8 Å². The summed E-state index contributed by atoms with van der Waals surface area (Å²) >= 11 is 0. The van der Waals surface area contributed by atoms with Gasteiger partial charge in [0.05, 0.1) is 12.0 Å². The second kappa shape index (κ2) is 5.68. The van der Waals surface area contributed by atoms with Gasteiger partial charge in [-0.05, 0) is 34.5 Å². The van der Waals surface area contributed by atoms with Gasteiger partial charge in [-0.15, -0.1) is 0 Å². The lowest BCUT2D eigenvalue weighted by Gasteiger charge is -2.27. The van der Waals surface area contributed by atoms with E-state index in [9.17, 15) is 4.79 Å². The highest BCUT2D eigenvalue weighted by Gasteiger charge is 2.29. The van der Waals surface area contributed by atoms with E-state index in [0.29, 0.717) is 17.7 Å². The summed E-state index contributed by atoms with van der Waals surface area (Å²) in [5.41, 5.74) is 2.88. The molecule has 3 nitrogen and oxygen atoms in total. The molecule has 0 saturated heterocycles. The largest absolute Gasteiger partial charge is 0.484 e. The standard InChI is InChI=1S/C21H19NO2/c1-22(2)16-10-7-15(8-11-16)20-13-18(23)21-17-6-4-3-5-14(17)9-12-19(21)24-20/h3-12,20H,13H2,1-2H3. The predicted octanol–water partition coefficient (Wildman–Crippen LogP) is 4.61. The number of anilines is 1. The van der Waals surface area contributed by atoms with Crippen LogP contribution in [0, 0.1) is 0 Å². The smallest absolute Gasteiger partial charge is 0.171 e. The van der Waals surface area contributed by atoms with Crippen molar-refractivity contribution in [3.8, 4) is 5.75 Å². The molecule has 1 unspecified atom stereocenters. The fraction of sp³-hybridized carbons (Fsp3) is 0.190. The van der Waals surface area contributed by atoms with Crippen molar-refractivity contribution < 1.29 is 9.53 Å². The molecule has 0 amide bonds. The number of hydrogen-bond donors (Lipinski definition) is 0. The van der Waals surface area contributed by atoms with Gasteiger partial charge in [0.1, 0.15) is 11.9 Å². The highest BCUT2D eigenvalue weighted by molar-refractivity contribution is 6.11. The van der Waals surface area contributed by atoms with E-state index >= 15 is 0 Å². The summed E-state index contributed by atoms with van der Waals surface area (Å²) in [5, 5.41) is 2.04. The average Bonchev–Trinajstić information content (AvgIpc) is 2.61. The molecule has 24 heavy (non-hydrogen) atoms. The molecule has 3 aromatic rings. The maximum atomic E-state index is 12.8. The number of nitrogens with zero attached hydrogens (tertiary/aromatic N) is 1. The minimum atomic E-state index is -0.220. The maximum Gasteiger partial charge on any atom is 0.171 e. The third-order valence-electron chi connectivity index (χ3n) is 4.59. The summed E-state index contributed by atoms with van der Waals surface area (Å²) in [6.45, 7) is 0. The Morgan fingerprint density at radius 3 is 2.46 bits per heavy atom. The molecule has 1 aliphatic rings. The molecule has 3 aromatic carbocycles. The van der Waals surface area contributed by atoms with Crippen molar-refractivity contribution in [3.05, 3.63) is 71.8 Å². The van der Waals surface area contributed by atoms with Gasteiger partial charge in [-0.3, -0.25) is 4.79 Å². The van der Waals surface area contributed by atoms with Gasteiger partial charge >= 0.3 is 0 Å². The van der Waals surface area contributed by atoms with E-state index in [2.05, 4.69) is 17.0 Å². The van der Waals surface area contributed by atoms with Gasteiger partial charge in [-0.1, -0.05) is 42.5 Å². The Morgan fingerprint density at radius 2 is 1.71 bits per heavy atom. The van der Waals surface area contributed by atoms with Gasteiger partial charge in [-0.25, -0.2) is 0 Å². The van der Waals surface area contributed by atoms with E-state index in [1.807, 2.05) is 62.6 Å². The van der Waals surface area contributed by atoms with Crippen molar-refractivity contribution in [2.24, 2.45) is 0 Å². The van der Waals surface area contributed by atoms with Crippen LogP contribution in [0.3, 0.4) is 0 Å². The molecule has 1 aliphatic heterocycles. The summed E-state index contributed by atoms with van der Waals surface area (Å²) in [5.74, 6) is 0.835. The molecule has 0 fully saturated rings. The van der Waals surface area contributed by atoms with Crippen LogP contribution in [-0.2, 0) is 0 Å². The van der Waals surface area contributed by atoms with Crippen molar-refractivity contribution in [1.82, 2.24) is 0 Å². The quantitative estimate of drug-likeness (QED) is 0.691. The van der Waals surface area contributed by atoms with E-state index in [-0.39, 0.29) is 11.9 Å². The zero-order valence-corrected chi connectivity index (χ0v) is 13.8. The molecule has 0 saturated carbocycles. The Balaban J connectivity index is 1.71. The number of carbonyl (C=O) groups is 1. The first-order valence-electron chi connectivity index (χ1n) is 8.12. The average molecular weight is 317 g/mol. The number of Topliss-reactive ketones (excluding diaryl/α,β-unsaturated/α-hetero) is 1. The highest BCUT2D eigenvalue weighted by Crippen LogP contribution is 2.38. The molecule has 0 aliphatic carbocycles. The second-order valence-corrected chi connectivity index (χ2v) is 6.38. The monoisotopic (exact) mass is 317 g/mol. The molecule has 3 heteroatoms. The van der Waals surface area contributed by atoms with Crippen LogP contribution >= 0.6 is 0 Å². The fourth-order valence-corrected chi connectivity index (χ4v) is 3.28. The molecular weight excluding hydrogens is 298 g/mol. The molecule has 4 rings (SSSR count). The third kappa shape index (κ3) is 2.42. The van der Waals surface area contributed by atoms with Crippen LogP contribution in [0.2, 0.25) is 0 Å². The van der Waals surface area contributed by atoms with E-state index in [1.165, 1.54) is 0 Å². The lowest BCUT2D eigenvalue weighted by atomic mass is 9.92. The van der Waals surface area contributed by atoms with Crippen molar-refractivity contribution in [2.75, 3.05) is 19.0 Å². The van der Waals surface area contributed by atoms with Crippen LogP contribution in [0.4, 0.5) is 5.69 Å². The van der Waals surface area contributed by atoms with E-state index in [0.717, 1.165) is 22.0 Å². The number of carbonyl (C=O) groups excluding carboxylic acids is 1. The van der Waals surface area contributed by atoms with Gasteiger partial charge < -0.3 is 9.64 Å². The highest BCUT2D eigenvalue weighted by atomic mass is 16.5. The van der Waals surface area contributed by atoms with Gasteiger partial charge in [0.25, 0.3) is 0 Å². The third-order valence-corrected chi connectivity index (χ3v) is 4.59. The Morgan fingerprint density at radius 1 is 0.958 bits per heavy atom. The minimum Gasteiger partial charge on any atom is -0.484 e. The summed E-state index contributed by atoms with van der Waals surface area (Å²) in [4.78, 5) is 14.8. The SMILES string of the molecule is CN(C)c1ccc(C2CC(=O)c3c(ccc4ccccc34)O2)cc1. The van der Waals surface area contributed by atoms with Crippen LogP contribution in [0.5, 0.6) is 5.75 Å². The van der Waals surface area contributed by atoms with Crippen LogP contribution in [0.15, 0.2) is 60.7 Å². The first-order chi connectivity index (χ1) is 11.6. The van der Waals surface area contributed by atoms with E-state index in [4.69, 9.17) is 4.74 Å². The van der Waals surface area contributed by atoms with Gasteiger partial charge in [0.2, 0.25) is 0 Å². The minimum absolute atomic E-state index is 0.148. The molecular formula is C21H19NO2. The molecule has 0 N–H and O–H groups in total. The summed E-state index contributed by atoms with van der Waals surface area (Å²) in [6.07, 6.45) is 0.157. The summed E-state index contributed by atoms with van der Waals surface area (Å²) in [7, 11) is 4.02. The predicted molar refractivity (Wildman–Crippen MR) is 97.0 cm³/mol. The zero-order chi connectivity index (χ0) is 16.7. The molecule has 0 spiro atoms. The molecule has 0 radical (unpaired) electrons. The molecule has 0 bridgehead atoms. The Hall–Kier alpha value is -2.81. The van der Waals surface area contributed by atoms with Crippen molar-refractivity contribution in [1.29, 1.82) is 0 Å². The van der Waals surface area contributed by atoms with Gasteiger partial charge in [0, 0.05) is 19.8 Å². The number of benzene rings is 3. The lowest BCUT2D eigenvalue weighted by Crippen LogP contribution is -2.20. The lowest BCUT2D eigenvalue weighted by molar-refractivity contribution is 0.0853. The number of hydrogen-bond acceptors (Lipinski definition) is 3. The summed E-state index contributed by atoms with van der Waals surface area (Å²) in [6, 6.07) is 20.1. The maximum absolute atomic E-state index is 12.8. The number of ether oxygens (including phenoxy) is 1. The first-order valence-corrected chi connectivity index (χ1v) is 8.12. The fourth-order valence-electron chi connectivity index (χ4n) is 3.28. The van der Waals surface area contributed by atoms with Crippen molar-refractivity contribution in [2.45, 2.75) is 12.5 Å².